The van der Waals surface area contributed by atoms with Crippen molar-refractivity contribution < 1.29 is 4.79 Å². The molecule has 5 rings (SSSR count). The Morgan fingerprint density at radius 1 is 1.03 bits per heavy atom. The van der Waals surface area contributed by atoms with Crippen LogP contribution in [0.2, 0.25) is 5.02 Å². The molecule has 0 saturated heterocycles. The van der Waals surface area contributed by atoms with Crippen molar-refractivity contribution in [3.63, 3.8) is 0 Å². The standard InChI is InChI=1S/C23H23ClN4O/c24-18-8-6-17(7-9-18)23(13-14-23)22(29)25-19-10-11-20-26-27-21(28(20)15-12-19)16-4-2-1-3-5-16/h1-9,19H,10-15H2,(H,25,29). The molecule has 1 aromatic heterocycles. The Morgan fingerprint density at radius 3 is 2.52 bits per heavy atom. The molecule has 2 heterocycles. The van der Waals surface area contributed by atoms with Gasteiger partial charge in [0.1, 0.15) is 5.82 Å². The smallest absolute Gasteiger partial charge is 0.230 e. The highest BCUT2D eigenvalue weighted by Crippen LogP contribution is 2.48. The van der Waals surface area contributed by atoms with E-state index >= 15 is 0 Å². The van der Waals surface area contributed by atoms with Crippen LogP contribution in [0.1, 0.15) is 37.1 Å². The molecule has 148 valence electrons. The summed E-state index contributed by atoms with van der Waals surface area (Å²) in [5.74, 6) is 2.05. The summed E-state index contributed by atoms with van der Waals surface area (Å²) in [5.41, 5.74) is 1.77. The molecule has 1 aliphatic heterocycles. The first-order valence-corrected chi connectivity index (χ1v) is 10.6. The van der Waals surface area contributed by atoms with Gasteiger partial charge in [-0.15, -0.1) is 10.2 Å². The molecule has 2 aliphatic rings. The Kier molecular flexibility index (Phi) is 4.63. The monoisotopic (exact) mass is 406 g/mol. The van der Waals surface area contributed by atoms with Gasteiger partial charge in [0, 0.05) is 29.6 Å². The van der Waals surface area contributed by atoms with Gasteiger partial charge in [0.15, 0.2) is 5.82 Å². The third-order valence-electron chi connectivity index (χ3n) is 6.19. The van der Waals surface area contributed by atoms with Crippen LogP contribution in [0.4, 0.5) is 0 Å². The second kappa shape index (κ2) is 7.30. The van der Waals surface area contributed by atoms with E-state index in [-0.39, 0.29) is 17.4 Å². The predicted octanol–water partition coefficient (Wildman–Crippen LogP) is 4.15. The SMILES string of the molecule is O=C(NC1CCc2nnc(-c3ccccc3)n2CC1)C1(c2ccc(Cl)cc2)CC1. The van der Waals surface area contributed by atoms with Gasteiger partial charge in [0.2, 0.25) is 5.91 Å². The van der Waals surface area contributed by atoms with Gasteiger partial charge in [-0.25, -0.2) is 0 Å². The number of carbonyl (C=O) groups is 1. The van der Waals surface area contributed by atoms with Crippen LogP contribution in [-0.2, 0) is 23.2 Å². The van der Waals surface area contributed by atoms with Crippen molar-refractivity contribution in [1.29, 1.82) is 0 Å². The molecule has 2 aromatic carbocycles. The van der Waals surface area contributed by atoms with Crippen LogP contribution >= 0.6 is 11.6 Å². The van der Waals surface area contributed by atoms with Crippen molar-refractivity contribution in [2.75, 3.05) is 0 Å². The zero-order valence-corrected chi connectivity index (χ0v) is 16.9. The van der Waals surface area contributed by atoms with Crippen LogP contribution in [-0.4, -0.2) is 26.7 Å². The summed E-state index contributed by atoms with van der Waals surface area (Å²) < 4.78 is 2.20. The number of fused-ring (bicyclic) bond motifs is 1. The molecule has 1 N–H and O–H groups in total. The summed E-state index contributed by atoms with van der Waals surface area (Å²) in [6.07, 6.45) is 4.38. The average molecular weight is 407 g/mol. The van der Waals surface area contributed by atoms with Gasteiger partial charge in [-0.2, -0.15) is 0 Å². The van der Waals surface area contributed by atoms with Gasteiger partial charge in [-0.1, -0.05) is 54.1 Å². The lowest BCUT2D eigenvalue weighted by molar-refractivity contribution is -0.124. The molecule has 1 amide bonds. The molecule has 0 spiro atoms. The Hall–Kier alpha value is -2.66. The van der Waals surface area contributed by atoms with Gasteiger partial charge >= 0.3 is 0 Å². The predicted molar refractivity (Wildman–Crippen MR) is 113 cm³/mol. The summed E-state index contributed by atoms with van der Waals surface area (Å²) in [4.78, 5) is 13.1. The first-order valence-electron chi connectivity index (χ1n) is 10.2. The van der Waals surface area contributed by atoms with Crippen LogP contribution in [0.25, 0.3) is 11.4 Å². The lowest BCUT2D eigenvalue weighted by Gasteiger charge is -2.21. The minimum absolute atomic E-state index is 0.144. The lowest BCUT2D eigenvalue weighted by atomic mass is 9.94. The number of rotatable bonds is 4. The average Bonchev–Trinajstić information content (AvgIpc) is 3.50. The van der Waals surface area contributed by atoms with Crippen LogP contribution in [0.15, 0.2) is 54.6 Å². The van der Waals surface area contributed by atoms with Crippen molar-refractivity contribution in [3.05, 3.63) is 71.0 Å². The maximum Gasteiger partial charge on any atom is 0.230 e. The van der Waals surface area contributed by atoms with E-state index in [0.717, 1.165) is 61.4 Å². The van der Waals surface area contributed by atoms with E-state index in [1.54, 1.807) is 0 Å². The third-order valence-corrected chi connectivity index (χ3v) is 6.45. The summed E-state index contributed by atoms with van der Waals surface area (Å²) in [5, 5.41) is 12.8. The van der Waals surface area contributed by atoms with Gasteiger partial charge in [0.25, 0.3) is 0 Å². The van der Waals surface area contributed by atoms with Gasteiger partial charge in [0.05, 0.1) is 5.41 Å². The Balaban J connectivity index is 1.29. The normalized spacial score (nSPS) is 19.8. The molecule has 0 radical (unpaired) electrons. The number of aromatic nitrogens is 3. The fraction of sp³-hybridized carbons (Fsp3) is 0.348. The molecule has 29 heavy (non-hydrogen) atoms. The topological polar surface area (TPSA) is 59.8 Å². The van der Waals surface area contributed by atoms with Gasteiger partial charge < -0.3 is 9.88 Å². The fourth-order valence-corrected chi connectivity index (χ4v) is 4.42. The van der Waals surface area contributed by atoms with E-state index in [9.17, 15) is 4.79 Å². The Morgan fingerprint density at radius 2 is 1.79 bits per heavy atom. The summed E-state index contributed by atoms with van der Waals surface area (Å²) >= 11 is 6.01. The molecule has 5 nitrogen and oxygen atoms in total. The zero-order chi connectivity index (χ0) is 19.8. The quantitative estimate of drug-likeness (QED) is 0.708. The highest BCUT2D eigenvalue weighted by atomic mass is 35.5. The van der Waals surface area contributed by atoms with E-state index in [2.05, 4.69) is 32.2 Å². The number of halogens is 1. The largest absolute Gasteiger partial charge is 0.353 e. The van der Waals surface area contributed by atoms with Crippen molar-refractivity contribution in [2.24, 2.45) is 0 Å². The minimum atomic E-state index is -0.374. The van der Waals surface area contributed by atoms with Crippen LogP contribution in [0.5, 0.6) is 0 Å². The highest BCUT2D eigenvalue weighted by Gasteiger charge is 2.51. The molecule has 1 atom stereocenters. The molecule has 1 fully saturated rings. The van der Waals surface area contributed by atoms with Crippen LogP contribution < -0.4 is 5.32 Å². The minimum Gasteiger partial charge on any atom is -0.353 e. The Bertz CT molecular complexity index is 1020. The second-order valence-corrected chi connectivity index (χ2v) is 8.48. The van der Waals surface area contributed by atoms with Crippen LogP contribution in [0.3, 0.4) is 0 Å². The summed E-state index contributed by atoms with van der Waals surface area (Å²) in [7, 11) is 0. The second-order valence-electron chi connectivity index (χ2n) is 8.04. The number of carbonyl (C=O) groups excluding carboxylic acids is 1. The lowest BCUT2D eigenvalue weighted by Crippen LogP contribution is -2.41. The Labute approximate surface area is 175 Å². The van der Waals surface area contributed by atoms with Gasteiger partial charge in [-0.3, -0.25) is 4.79 Å². The maximum absolute atomic E-state index is 13.1. The first-order chi connectivity index (χ1) is 14.2. The molecule has 1 saturated carbocycles. The number of benzene rings is 2. The van der Waals surface area contributed by atoms with Gasteiger partial charge in [-0.05, 0) is 43.4 Å². The molecular formula is C23H23ClN4O. The molecule has 1 unspecified atom stereocenters. The molecule has 3 aromatic rings. The number of nitrogens with one attached hydrogen (secondary N) is 1. The van der Waals surface area contributed by atoms with Crippen molar-refractivity contribution in [2.45, 2.75) is 50.1 Å². The molecule has 6 heteroatoms. The number of hydrogen-bond acceptors (Lipinski definition) is 3. The maximum atomic E-state index is 13.1. The number of aryl methyl sites for hydroxylation is 1. The number of hydrogen-bond donors (Lipinski definition) is 1. The van der Waals surface area contributed by atoms with Crippen molar-refractivity contribution in [1.82, 2.24) is 20.1 Å². The summed E-state index contributed by atoms with van der Waals surface area (Å²) in [6, 6.07) is 18.0. The van der Waals surface area contributed by atoms with Crippen molar-refractivity contribution >= 4 is 17.5 Å². The molecule has 1 aliphatic carbocycles. The fourth-order valence-electron chi connectivity index (χ4n) is 4.30. The number of amides is 1. The number of nitrogens with zero attached hydrogens (tertiary/aromatic N) is 3. The van der Waals surface area contributed by atoms with E-state index in [1.807, 2.05) is 42.5 Å². The highest BCUT2D eigenvalue weighted by molar-refractivity contribution is 6.30. The van der Waals surface area contributed by atoms with Crippen molar-refractivity contribution in [3.8, 4) is 11.4 Å². The zero-order valence-electron chi connectivity index (χ0n) is 16.1. The van der Waals surface area contributed by atoms with E-state index in [0.29, 0.717) is 5.02 Å². The third kappa shape index (κ3) is 3.44. The van der Waals surface area contributed by atoms with E-state index in [4.69, 9.17) is 11.6 Å². The van der Waals surface area contributed by atoms with E-state index in [1.165, 1.54) is 0 Å². The summed E-state index contributed by atoms with van der Waals surface area (Å²) in [6.45, 7) is 0.811. The first kappa shape index (κ1) is 18.4. The molecule has 0 bridgehead atoms. The van der Waals surface area contributed by atoms with Crippen LogP contribution in [0, 0.1) is 0 Å². The van der Waals surface area contributed by atoms with E-state index < -0.39 is 0 Å². The molecular weight excluding hydrogens is 384 g/mol.